The molecule has 0 bridgehead atoms. The van der Waals surface area contributed by atoms with E-state index in [4.69, 9.17) is 5.73 Å². The normalized spacial score (nSPS) is 15.6. The average molecular weight is 309 g/mol. The number of carbonyl (C=O) groups excluding carboxylic acids is 1. The molecule has 23 heavy (non-hydrogen) atoms. The van der Waals surface area contributed by atoms with E-state index >= 15 is 0 Å². The van der Waals surface area contributed by atoms with Crippen LogP contribution in [0.15, 0.2) is 48.5 Å². The Bertz CT molecular complexity index is 673. The minimum atomic E-state index is 0.125. The molecule has 2 aromatic carbocycles. The maximum absolute atomic E-state index is 11.5. The van der Waals surface area contributed by atoms with Gasteiger partial charge in [0.05, 0.1) is 0 Å². The summed E-state index contributed by atoms with van der Waals surface area (Å²) in [6, 6.07) is 16.0. The van der Waals surface area contributed by atoms with Crippen molar-refractivity contribution in [1.82, 2.24) is 4.90 Å². The molecule has 0 spiro atoms. The summed E-state index contributed by atoms with van der Waals surface area (Å²) in [5.41, 5.74) is 9.79. The van der Waals surface area contributed by atoms with E-state index in [9.17, 15) is 4.79 Å². The molecule has 0 unspecified atom stereocenters. The van der Waals surface area contributed by atoms with Crippen molar-refractivity contribution in [2.75, 3.05) is 36.8 Å². The Kier molecular flexibility index (Phi) is 4.63. The molecule has 4 heteroatoms. The SMILES string of the molecule is CC(=O)c1cccc(CN2CCN(c3ccc(N)cc3)CC2)c1. The Balaban J connectivity index is 1.58. The van der Waals surface area contributed by atoms with Crippen molar-refractivity contribution >= 4 is 17.2 Å². The largest absolute Gasteiger partial charge is 0.399 e. The van der Waals surface area contributed by atoms with E-state index in [1.165, 1.54) is 11.3 Å². The van der Waals surface area contributed by atoms with Gasteiger partial charge in [-0.05, 0) is 42.8 Å². The second kappa shape index (κ2) is 6.84. The number of rotatable bonds is 4. The zero-order valence-electron chi connectivity index (χ0n) is 13.5. The number of nitrogen functional groups attached to an aromatic ring is 1. The number of piperazine rings is 1. The molecule has 4 nitrogen and oxygen atoms in total. The lowest BCUT2D eigenvalue weighted by molar-refractivity contribution is 0.101. The fourth-order valence-corrected chi connectivity index (χ4v) is 3.00. The van der Waals surface area contributed by atoms with Gasteiger partial charge in [0.2, 0.25) is 0 Å². The number of nitrogens with zero attached hydrogens (tertiary/aromatic N) is 2. The summed E-state index contributed by atoms with van der Waals surface area (Å²) in [4.78, 5) is 16.3. The van der Waals surface area contributed by atoms with Crippen LogP contribution >= 0.6 is 0 Å². The lowest BCUT2D eigenvalue weighted by atomic mass is 10.1. The van der Waals surface area contributed by atoms with Gasteiger partial charge >= 0.3 is 0 Å². The maximum Gasteiger partial charge on any atom is 0.159 e. The molecular weight excluding hydrogens is 286 g/mol. The molecule has 120 valence electrons. The van der Waals surface area contributed by atoms with Crippen LogP contribution in [0.5, 0.6) is 0 Å². The number of Topliss-reactive ketones (excluding diaryl/α,β-unsaturated/α-hetero) is 1. The third kappa shape index (κ3) is 3.90. The van der Waals surface area contributed by atoms with Gasteiger partial charge < -0.3 is 10.6 Å². The first-order chi connectivity index (χ1) is 11.1. The van der Waals surface area contributed by atoms with Crippen molar-refractivity contribution in [3.8, 4) is 0 Å². The molecule has 0 atom stereocenters. The van der Waals surface area contributed by atoms with Crippen LogP contribution in [0.3, 0.4) is 0 Å². The molecule has 0 radical (unpaired) electrons. The summed E-state index contributed by atoms with van der Waals surface area (Å²) in [5, 5.41) is 0. The second-order valence-electron chi connectivity index (χ2n) is 6.11. The predicted molar refractivity (Wildman–Crippen MR) is 94.8 cm³/mol. The van der Waals surface area contributed by atoms with Crippen LogP contribution in [0.25, 0.3) is 0 Å². The van der Waals surface area contributed by atoms with Crippen LogP contribution < -0.4 is 10.6 Å². The quantitative estimate of drug-likeness (QED) is 0.697. The van der Waals surface area contributed by atoms with Gasteiger partial charge in [-0.3, -0.25) is 9.69 Å². The molecule has 1 aliphatic rings. The summed E-state index contributed by atoms with van der Waals surface area (Å²) in [6.45, 7) is 6.58. The third-order valence-electron chi connectivity index (χ3n) is 4.37. The second-order valence-corrected chi connectivity index (χ2v) is 6.11. The molecule has 3 rings (SSSR count). The Morgan fingerprint density at radius 2 is 1.74 bits per heavy atom. The highest BCUT2D eigenvalue weighted by atomic mass is 16.1. The highest BCUT2D eigenvalue weighted by Crippen LogP contribution is 2.19. The Labute approximate surface area is 137 Å². The van der Waals surface area contributed by atoms with E-state index in [2.05, 4.69) is 28.0 Å². The molecule has 1 saturated heterocycles. The molecule has 1 fully saturated rings. The summed E-state index contributed by atoms with van der Waals surface area (Å²) in [7, 11) is 0. The van der Waals surface area contributed by atoms with E-state index in [1.54, 1.807) is 6.92 Å². The van der Waals surface area contributed by atoms with Crippen LogP contribution in [0, 0.1) is 0 Å². The minimum Gasteiger partial charge on any atom is -0.399 e. The number of hydrogen-bond acceptors (Lipinski definition) is 4. The van der Waals surface area contributed by atoms with Crippen molar-refractivity contribution in [2.24, 2.45) is 0 Å². The Hall–Kier alpha value is -2.33. The molecule has 2 N–H and O–H groups in total. The number of ketones is 1. The van der Waals surface area contributed by atoms with Crippen LogP contribution in [0.1, 0.15) is 22.8 Å². The molecular formula is C19H23N3O. The van der Waals surface area contributed by atoms with Gasteiger partial charge in [0.25, 0.3) is 0 Å². The van der Waals surface area contributed by atoms with Crippen molar-refractivity contribution in [2.45, 2.75) is 13.5 Å². The van der Waals surface area contributed by atoms with Crippen molar-refractivity contribution in [1.29, 1.82) is 0 Å². The minimum absolute atomic E-state index is 0.125. The summed E-state index contributed by atoms with van der Waals surface area (Å²) >= 11 is 0. The van der Waals surface area contributed by atoms with Crippen LogP contribution in [0.2, 0.25) is 0 Å². The molecule has 1 aliphatic heterocycles. The summed E-state index contributed by atoms with van der Waals surface area (Å²) in [6.07, 6.45) is 0. The van der Waals surface area contributed by atoms with Gasteiger partial charge in [-0.2, -0.15) is 0 Å². The smallest absolute Gasteiger partial charge is 0.159 e. The monoisotopic (exact) mass is 309 g/mol. The first-order valence-corrected chi connectivity index (χ1v) is 8.04. The summed E-state index contributed by atoms with van der Waals surface area (Å²) < 4.78 is 0. The highest BCUT2D eigenvalue weighted by Gasteiger charge is 2.17. The van der Waals surface area contributed by atoms with E-state index in [1.807, 2.05) is 30.3 Å². The molecule has 0 saturated carbocycles. The van der Waals surface area contributed by atoms with Crippen LogP contribution in [-0.4, -0.2) is 36.9 Å². The molecule has 0 amide bonds. The van der Waals surface area contributed by atoms with E-state index in [0.29, 0.717) is 0 Å². The number of benzene rings is 2. The van der Waals surface area contributed by atoms with Gasteiger partial charge in [0.1, 0.15) is 0 Å². The first kappa shape index (κ1) is 15.6. The van der Waals surface area contributed by atoms with Crippen molar-refractivity contribution < 1.29 is 4.79 Å². The number of carbonyl (C=O) groups is 1. The number of hydrogen-bond donors (Lipinski definition) is 1. The molecule has 1 heterocycles. The van der Waals surface area contributed by atoms with Gasteiger partial charge in [-0.1, -0.05) is 18.2 Å². The standard InChI is InChI=1S/C19H23N3O/c1-15(23)17-4-2-3-16(13-17)14-21-9-11-22(12-10-21)19-7-5-18(20)6-8-19/h2-8,13H,9-12,14,20H2,1H3. The van der Waals surface area contributed by atoms with E-state index in [0.717, 1.165) is 44.0 Å². The lowest BCUT2D eigenvalue weighted by Crippen LogP contribution is -2.45. The fourth-order valence-electron chi connectivity index (χ4n) is 3.00. The van der Waals surface area contributed by atoms with E-state index in [-0.39, 0.29) is 5.78 Å². The molecule has 0 aliphatic carbocycles. The lowest BCUT2D eigenvalue weighted by Gasteiger charge is -2.36. The summed E-state index contributed by atoms with van der Waals surface area (Å²) in [5.74, 6) is 0.125. The Morgan fingerprint density at radius 3 is 2.39 bits per heavy atom. The van der Waals surface area contributed by atoms with Gasteiger partial charge in [0, 0.05) is 49.7 Å². The van der Waals surface area contributed by atoms with Crippen LogP contribution in [0.4, 0.5) is 11.4 Å². The van der Waals surface area contributed by atoms with Crippen molar-refractivity contribution in [3.63, 3.8) is 0 Å². The van der Waals surface area contributed by atoms with Gasteiger partial charge in [-0.15, -0.1) is 0 Å². The Morgan fingerprint density at radius 1 is 1.04 bits per heavy atom. The number of nitrogens with two attached hydrogens (primary N) is 1. The topological polar surface area (TPSA) is 49.6 Å². The number of anilines is 2. The zero-order valence-corrected chi connectivity index (χ0v) is 13.5. The third-order valence-corrected chi connectivity index (χ3v) is 4.37. The van der Waals surface area contributed by atoms with Gasteiger partial charge in [-0.25, -0.2) is 0 Å². The predicted octanol–water partition coefficient (Wildman–Crippen LogP) is 2.79. The van der Waals surface area contributed by atoms with Gasteiger partial charge in [0.15, 0.2) is 5.78 Å². The zero-order chi connectivity index (χ0) is 16.2. The molecule has 2 aromatic rings. The fraction of sp³-hybridized carbons (Fsp3) is 0.316. The highest BCUT2D eigenvalue weighted by molar-refractivity contribution is 5.94. The van der Waals surface area contributed by atoms with Crippen molar-refractivity contribution in [3.05, 3.63) is 59.7 Å². The molecule has 0 aromatic heterocycles. The average Bonchev–Trinajstić information content (AvgIpc) is 2.57. The first-order valence-electron chi connectivity index (χ1n) is 8.04. The maximum atomic E-state index is 11.5. The van der Waals surface area contributed by atoms with E-state index < -0.39 is 0 Å². The van der Waals surface area contributed by atoms with Crippen LogP contribution in [-0.2, 0) is 6.54 Å².